The second-order valence-electron chi connectivity index (χ2n) is 33.1. The zero-order valence-corrected chi connectivity index (χ0v) is 76.8. The minimum absolute atomic E-state index is 0.00487. The maximum Gasteiger partial charge on any atom is 0.281 e. The van der Waals surface area contributed by atoms with Crippen LogP contribution in [0.4, 0.5) is 0 Å². The van der Waals surface area contributed by atoms with Crippen LogP contribution < -0.4 is 28.4 Å². The van der Waals surface area contributed by atoms with Gasteiger partial charge in [0.2, 0.25) is 41.9 Å². The first kappa shape index (κ1) is 93.6. The van der Waals surface area contributed by atoms with E-state index >= 15 is 0 Å². The smallest absolute Gasteiger partial charge is 0.281 e. The summed E-state index contributed by atoms with van der Waals surface area (Å²) in [7, 11) is -9.89. The summed E-state index contributed by atoms with van der Waals surface area (Å²) in [4.78, 5) is 91.9. The molecular weight excluding hydrogens is 1720 g/mol. The first-order valence-corrected chi connectivity index (χ1v) is 48.7. The molecule has 6 amide bonds. The van der Waals surface area contributed by atoms with Crippen LogP contribution in [0, 0.1) is 59.3 Å². The Morgan fingerprint density at radius 2 is 0.815 bits per heavy atom. The standard InChI is InChI=1S/C32H39Cl2N3O5S.C32H37ClN4O5S.C28H34ClN3O5S/c1-20-17-24(18-21(2)29(20)34)42-16-6-9-27-26-11-10-23(33)19-28(26)35-30(27)31(38)36-43(40,41)25-12-14-37(15-13-25)32(39)22-7-4-3-5-8-22;1-21-18-24(19-22(2)29(21)33)42-17-7-9-26-25-8-4-5-10-27(25)34-30(26)31(38)35-43(40,41)20-23-12-15-37(16-13-23)32(39)28-11-6-14-36(28)3;1-18-15-22(16-19(2)26(18)29)37-14-6-8-24-23-7-4-5-9-25(23)30-27(24)28(34)31-38(35,36)17-21-10-12-32(13-11-21)20(3)33/h10-11,17-19,22,25,35H,3-9,12-16H2,1-2H3,(H,36,38);4-6,8,10-11,14,18-19,23,34H,7,9,12-13,15-17,20H2,1-3H3,(H,35,38);4-5,7,9,15-16,21,30H,6,8,10-14,17H2,1-3H3,(H,31,34). The van der Waals surface area contributed by atoms with Gasteiger partial charge >= 0.3 is 0 Å². The van der Waals surface area contributed by atoms with Gasteiger partial charge in [-0.2, -0.15) is 0 Å². The zero-order chi connectivity index (χ0) is 88.9. The summed E-state index contributed by atoms with van der Waals surface area (Å²) in [5, 5.41) is 4.49. The Kier molecular flexibility index (Phi) is 31.5. The third-order valence-electron chi connectivity index (χ3n) is 23.8. The van der Waals surface area contributed by atoms with Crippen molar-refractivity contribution < 1.29 is 68.2 Å². The van der Waals surface area contributed by atoms with E-state index in [2.05, 4.69) is 29.1 Å². The van der Waals surface area contributed by atoms with Gasteiger partial charge < -0.3 is 48.4 Å². The summed E-state index contributed by atoms with van der Waals surface area (Å²) in [5.41, 5.74) is 11.4. The summed E-state index contributed by atoms with van der Waals surface area (Å²) in [6, 6.07) is 35.4. The van der Waals surface area contributed by atoms with Gasteiger partial charge in [0, 0.05) is 118 Å². The van der Waals surface area contributed by atoms with Gasteiger partial charge in [-0.3, -0.25) is 28.8 Å². The Labute approximate surface area is 745 Å². The van der Waals surface area contributed by atoms with E-state index < -0.39 is 53.0 Å². The number of hydrogen-bond donors (Lipinski definition) is 6. The van der Waals surface area contributed by atoms with Crippen molar-refractivity contribution in [3.05, 3.63) is 214 Å². The first-order chi connectivity index (χ1) is 59.1. The molecule has 3 aliphatic heterocycles. The van der Waals surface area contributed by atoms with E-state index in [0.717, 1.165) is 125 Å². The average molecular weight is 1830 g/mol. The number of H-pyrrole nitrogens is 3. The highest BCUT2D eigenvalue weighted by Gasteiger charge is 2.37. The molecule has 1 saturated carbocycles. The number of ether oxygens (including phenoxy) is 3. The van der Waals surface area contributed by atoms with E-state index in [9.17, 15) is 54.0 Å². The highest BCUT2D eigenvalue weighted by molar-refractivity contribution is 7.91. The molecule has 664 valence electrons. The van der Waals surface area contributed by atoms with Crippen molar-refractivity contribution in [1.82, 2.24) is 48.4 Å². The maximum absolute atomic E-state index is 13.5. The number of halogens is 4. The van der Waals surface area contributed by atoms with Gasteiger partial charge in [0.25, 0.3) is 23.6 Å². The molecule has 32 heteroatoms. The number of fused-ring (bicyclic) bond motifs is 3. The van der Waals surface area contributed by atoms with Crippen LogP contribution in [-0.4, -0.2) is 171 Å². The van der Waals surface area contributed by atoms with Gasteiger partial charge in [-0.15, -0.1) is 0 Å². The number of piperidine rings is 3. The van der Waals surface area contributed by atoms with E-state index in [1.54, 1.807) is 37.5 Å². The Morgan fingerprint density at radius 1 is 0.435 bits per heavy atom. The number of sulfonamides is 3. The lowest BCUT2D eigenvalue weighted by molar-refractivity contribution is -0.137. The van der Waals surface area contributed by atoms with E-state index in [4.69, 9.17) is 60.6 Å². The number of rotatable bonds is 28. The number of carbonyl (C=O) groups is 6. The summed E-state index contributed by atoms with van der Waals surface area (Å²) in [6.45, 7) is 17.1. The quantitative estimate of drug-likeness (QED) is 0.0248. The second-order valence-corrected chi connectivity index (χ2v) is 40.2. The summed E-state index contributed by atoms with van der Waals surface area (Å²) >= 11 is 25.0. The Hall–Kier alpha value is -9.55. The number of para-hydroxylation sites is 2. The lowest BCUT2D eigenvalue weighted by atomic mass is 9.88. The van der Waals surface area contributed by atoms with Crippen LogP contribution in [0.25, 0.3) is 32.7 Å². The second kappa shape index (κ2) is 41.7. The lowest BCUT2D eigenvalue weighted by Gasteiger charge is -2.34. The zero-order valence-electron chi connectivity index (χ0n) is 71.3. The number of carbonyl (C=O) groups excluding carboxylic acids is 6. The minimum Gasteiger partial charge on any atom is -0.494 e. The molecule has 0 radical (unpaired) electrons. The predicted molar refractivity (Wildman–Crippen MR) is 488 cm³/mol. The van der Waals surface area contributed by atoms with Crippen molar-refractivity contribution in [2.24, 2.45) is 24.8 Å². The average Bonchev–Trinajstić information content (AvgIpc) is 1.64. The van der Waals surface area contributed by atoms with Crippen LogP contribution in [-0.2, 0) is 66.0 Å². The molecule has 124 heavy (non-hydrogen) atoms. The molecule has 4 fully saturated rings. The third kappa shape index (κ3) is 24.0. The van der Waals surface area contributed by atoms with Crippen molar-refractivity contribution in [3.8, 4) is 17.2 Å². The number of likely N-dealkylation sites (tertiary alicyclic amines) is 3. The van der Waals surface area contributed by atoms with Crippen LogP contribution in [0.5, 0.6) is 17.2 Å². The fraction of sp³-hybridized carbons (Fsp3) is 0.435. The normalized spacial score (nSPS) is 15.3. The predicted octanol–water partition coefficient (Wildman–Crippen LogP) is 16.9. The molecule has 7 heterocycles. The molecule has 4 aromatic heterocycles. The van der Waals surface area contributed by atoms with E-state index in [1.165, 1.54) is 13.3 Å². The van der Waals surface area contributed by atoms with Gasteiger partial charge in [-0.05, 0) is 266 Å². The maximum atomic E-state index is 13.5. The Morgan fingerprint density at radius 3 is 1.22 bits per heavy atom. The molecule has 25 nitrogen and oxygen atoms in total. The number of aromatic amines is 3. The molecule has 0 spiro atoms. The monoisotopic (exact) mass is 1830 g/mol. The van der Waals surface area contributed by atoms with Crippen LogP contribution in [0.3, 0.4) is 0 Å². The van der Waals surface area contributed by atoms with Crippen molar-refractivity contribution in [2.45, 2.75) is 163 Å². The van der Waals surface area contributed by atoms with Gasteiger partial charge in [0.15, 0.2) is 0 Å². The van der Waals surface area contributed by atoms with Crippen LogP contribution in [0.2, 0.25) is 20.1 Å². The molecule has 1 aliphatic carbocycles. The molecule has 10 aromatic rings. The van der Waals surface area contributed by atoms with Gasteiger partial charge in [0.05, 0.1) is 36.6 Å². The number of nitrogens with zero attached hydrogens (tertiary/aromatic N) is 4. The van der Waals surface area contributed by atoms with Crippen LogP contribution in [0.15, 0.2) is 121 Å². The van der Waals surface area contributed by atoms with Gasteiger partial charge in [0.1, 0.15) is 40.0 Å². The highest BCUT2D eigenvalue weighted by atomic mass is 35.5. The number of benzene rings is 6. The molecule has 6 aromatic carbocycles. The SMILES string of the molecule is CC(=O)N1CCC(CS(=O)(=O)NC(=O)c2[nH]c3ccccc3c2CCCOc2cc(C)c(Cl)c(C)c2)CC1.Cc1cc(OCCCc2c(C(=O)NS(=O)(=O)C3CCN(C(=O)C4CCCCC4)CC3)[nH]c3cc(Cl)ccc23)cc(C)c1Cl.Cc1cc(OCCCc2c(C(=O)NS(=O)(=O)CC3CCN(C(=O)c4cccn4C)CC3)[nH]c3ccccc23)cc(C)c1Cl. The number of aryl methyl sites for hydroxylation is 10. The first-order valence-electron chi connectivity index (χ1n) is 42.4. The molecule has 4 aliphatic rings. The molecule has 6 N–H and O–H groups in total. The third-order valence-corrected chi connectivity index (χ3v) is 30.5. The lowest BCUT2D eigenvalue weighted by Crippen LogP contribution is -2.48. The number of amides is 6. The largest absolute Gasteiger partial charge is 0.494 e. The molecule has 3 saturated heterocycles. The van der Waals surface area contributed by atoms with Crippen molar-refractivity contribution in [1.29, 1.82) is 0 Å². The Balaban J connectivity index is 0.000000170. The minimum atomic E-state index is -3.96. The fourth-order valence-corrected chi connectivity index (χ4v) is 21.9. The molecule has 0 bridgehead atoms. The van der Waals surface area contributed by atoms with Gasteiger partial charge in [-0.25, -0.2) is 39.4 Å². The highest BCUT2D eigenvalue weighted by Crippen LogP contribution is 2.35. The number of nitrogens with one attached hydrogen (secondary N) is 6. The fourth-order valence-electron chi connectivity index (χ4n) is 17.2. The summed E-state index contributed by atoms with van der Waals surface area (Å²) in [6.07, 6.45) is 13.2. The topological polar surface area (TPSA) is 331 Å². The molecule has 0 unspecified atom stereocenters. The van der Waals surface area contributed by atoms with E-state index in [1.807, 2.05) is 152 Å². The van der Waals surface area contributed by atoms with E-state index in [-0.39, 0.29) is 64.1 Å². The number of aromatic nitrogens is 4. The molecule has 0 atom stereocenters. The van der Waals surface area contributed by atoms with Crippen LogP contribution >= 0.6 is 46.4 Å². The van der Waals surface area contributed by atoms with E-state index in [0.29, 0.717) is 163 Å². The summed E-state index contributed by atoms with van der Waals surface area (Å²) in [5.74, 6) is -0.277. The summed E-state index contributed by atoms with van der Waals surface area (Å²) < 4.78 is 105. The molecule has 14 rings (SSSR count). The molecular formula is C92H110Cl4N10O15S3. The Bertz CT molecular complexity index is 5870. The van der Waals surface area contributed by atoms with Gasteiger partial charge in [-0.1, -0.05) is 108 Å². The van der Waals surface area contributed by atoms with Crippen molar-refractivity contribution in [2.75, 3.05) is 70.6 Å². The van der Waals surface area contributed by atoms with Crippen molar-refractivity contribution in [3.63, 3.8) is 0 Å². The van der Waals surface area contributed by atoms with Crippen LogP contribution in [0.1, 0.15) is 189 Å². The number of hydrogen-bond acceptors (Lipinski definition) is 15. The van der Waals surface area contributed by atoms with Crippen molar-refractivity contribution >= 4 is 145 Å².